The van der Waals surface area contributed by atoms with E-state index in [9.17, 15) is 19.0 Å². The third-order valence-corrected chi connectivity index (χ3v) is 9.63. The van der Waals surface area contributed by atoms with Crippen LogP contribution in [0.15, 0.2) is 109 Å². The van der Waals surface area contributed by atoms with Gasteiger partial charge in [-0.25, -0.2) is 4.57 Å². The molecule has 10 heteroatoms. The third kappa shape index (κ3) is 44.1. The molecule has 0 amide bonds. The molecule has 0 aliphatic rings. The lowest BCUT2D eigenvalue weighted by atomic mass is 10.1. The quantitative estimate of drug-likeness (QED) is 0.0267. The van der Waals surface area contributed by atoms with Crippen molar-refractivity contribution in [3.05, 3.63) is 109 Å². The molecule has 2 atom stereocenters. The molecule has 0 aliphatic heterocycles. The molecule has 0 saturated carbocycles. The van der Waals surface area contributed by atoms with Gasteiger partial charge in [0.05, 0.1) is 13.2 Å². The Hall–Kier alpha value is -3.33. The van der Waals surface area contributed by atoms with E-state index in [1.807, 2.05) is 12.2 Å². The van der Waals surface area contributed by atoms with Gasteiger partial charge in [-0.05, 0) is 96.3 Å². The van der Waals surface area contributed by atoms with E-state index in [1.54, 1.807) is 0 Å². The highest BCUT2D eigenvalue weighted by Gasteiger charge is 2.25. The monoisotopic (exact) mass is 842 g/mol. The number of unbranched alkanes of at least 4 members (excludes halogenated alkanes) is 9. The summed E-state index contributed by atoms with van der Waals surface area (Å²) >= 11 is 0. The van der Waals surface area contributed by atoms with Crippen LogP contribution in [-0.2, 0) is 32.7 Å². The molecule has 0 heterocycles. The fourth-order valence-electron chi connectivity index (χ4n) is 5.30. The second-order valence-electron chi connectivity index (χ2n) is 14.2. The molecule has 334 valence electrons. The fourth-order valence-corrected chi connectivity index (χ4v) is 6.07. The topological polar surface area (TPSA) is 134 Å². The smallest absolute Gasteiger partial charge is 0.462 e. The number of phosphoric ester groups is 1. The number of hydrogen-bond donors (Lipinski definition) is 2. The summed E-state index contributed by atoms with van der Waals surface area (Å²) in [5, 5.41) is 0. The number of ether oxygens (including phenoxy) is 2. The summed E-state index contributed by atoms with van der Waals surface area (Å²) in [5.41, 5.74) is 5.34. The summed E-state index contributed by atoms with van der Waals surface area (Å²) in [6, 6.07) is 0. The zero-order valence-electron chi connectivity index (χ0n) is 36.7. The number of nitrogens with two attached hydrogens (primary N) is 1. The van der Waals surface area contributed by atoms with Gasteiger partial charge in [0.1, 0.15) is 6.61 Å². The lowest BCUT2D eigenvalue weighted by Gasteiger charge is -2.19. The van der Waals surface area contributed by atoms with Gasteiger partial charge in [-0.2, -0.15) is 0 Å². The molecule has 2 unspecified atom stereocenters. The average molecular weight is 842 g/mol. The van der Waals surface area contributed by atoms with Gasteiger partial charge in [0.15, 0.2) is 6.10 Å². The number of allylic oxidation sites excluding steroid dienone is 18. The van der Waals surface area contributed by atoms with Crippen LogP contribution < -0.4 is 5.73 Å². The van der Waals surface area contributed by atoms with Crippen LogP contribution in [0.4, 0.5) is 0 Å². The lowest BCUT2D eigenvalue weighted by molar-refractivity contribution is -0.161. The van der Waals surface area contributed by atoms with Crippen molar-refractivity contribution >= 4 is 19.8 Å². The molecule has 0 aromatic rings. The zero-order valence-corrected chi connectivity index (χ0v) is 37.6. The first kappa shape index (κ1) is 55.7. The number of carbonyl (C=O) groups excluding carboxylic acids is 2. The molecular weight excluding hydrogens is 762 g/mol. The van der Waals surface area contributed by atoms with Crippen molar-refractivity contribution in [2.45, 2.75) is 161 Å². The van der Waals surface area contributed by atoms with Gasteiger partial charge in [0.25, 0.3) is 0 Å². The fraction of sp³-hybridized carbons (Fsp3) is 0.592. The highest BCUT2D eigenvalue weighted by atomic mass is 31.2. The second kappa shape index (κ2) is 44.2. The maximum absolute atomic E-state index is 12.6. The molecule has 0 aliphatic carbocycles. The highest BCUT2D eigenvalue weighted by Crippen LogP contribution is 2.43. The number of esters is 2. The van der Waals surface area contributed by atoms with Gasteiger partial charge in [0, 0.05) is 19.4 Å². The molecule has 3 N–H and O–H groups in total. The van der Waals surface area contributed by atoms with Crippen LogP contribution in [0, 0.1) is 0 Å². The average Bonchev–Trinajstić information content (AvgIpc) is 3.22. The standard InChI is InChI=1S/C49H80NO8P/c1-3-5-7-9-11-13-15-17-19-21-23-25-27-29-31-33-35-37-39-41-48(51)55-45-47(46-57-59(53,54)56-44-43-50)58-49(52)42-40-38-36-34-32-30-28-26-24-22-20-18-16-14-12-10-8-6-4-2/h11-14,17-20,23-26,29-32,35,37,47H,3-10,15-16,21-22,27-28,33-34,36,38-46,50H2,1-2H3,(H,53,54). The molecule has 0 fully saturated rings. The Bertz CT molecular complexity index is 1330. The summed E-state index contributed by atoms with van der Waals surface area (Å²) in [6.45, 7) is 3.53. The molecule has 0 saturated heterocycles. The molecule has 0 rings (SSSR count). The Labute approximate surface area is 359 Å². The van der Waals surface area contributed by atoms with Crippen molar-refractivity contribution in [3.63, 3.8) is 0 Å². The Balaban J connectivity index is 4.36. The van der Waals surface area contributed by atoms with Crippen LogP contribution >= 0.6 is 7.82 Å². The maximum atomic E-state index is 12.6. The Kier molecular flexibility index (Phi) is 41.7. The van der Waals surface area contributed by atoms with Crippen molar-refractivity contribution < 1.29 is 37.6 Å². The highest BCUT2D eigenvalue weighted by molar-refractivity contribution is 7.47. The molecule has 0 radical (unpaired) electrons. The van der Waals surface area contributed by atoms with E-state index in [1.165, 1.54) is 51.4 Å². The van der Waals surface area contributed by atoms with Gasteiger partial charge < -0.3 is 20.1 Å². The van der Waals surface area contributed by atoms with Crippen molar-refractivity contribution in [1.29, 1.82) is 0 Å². The van der Waals surface area contributed by atoms with Crippen molar-refractivity contribution in [3.8, 4) is 0 Å². The van der Waals surface area contributed by atoms with Crippen LogP contribution in [0.25, 0.3) is 0 Å². The first-order chi connectivity index (χ1) is 28.8. The van der Waals surface area contributed by atoms with Gasteiger partial charge in [-0.15, -0.1) is 0 Å². The van der Waals surface area contributed by atoms with Gasteiger partial charge >= 0.3 is 19.8 Å². The SMILES string of the molecule is CCCCCC=CCC=CCC=CCC=CCC=CCCC(=O)OCC(COP(=O)(O)OCCN)OC(=O)CCCCCC=CCC=CCC=CCC=CCCCCC. The number of phosphoric acid groups is 1. The van der Waals surface area contributed by atoms with Gasteiger partial charge in [-0.3, -0.25) is 18.6 Å². The minimum atomic E-state index is -4.41. The summed E-state index contributed by atoms with van der Waals surface area (Å²) in [4.78, 5) is 34.9. The summed E-state index contributed by atoms with van der Waals surface area (Å²) in [7, 11) is -4.41. The summed E-state index contributed by atoms with van der Waals surface area (Å²) in [5.74, 6) is -0.973. The van der Waals surface area contributed by atoms with E-state index in [2.05, 4.69) is 111 Å². The predicted molar refractivity (Wildman–Crippen MR) is 247 cm³/mol. The third-order valence-electron chi connectivity index (χ3n) is 8.64. The predicted octanol–water partition coefficient (Wildman–Crippen LogP) is 13.2. The number of carbonyl (C=O) groups is 2. The minimum absolute atomic E-state index is 0.0321. The Morgan fingerprint density at radius 2 is 0.915 bits per heavy atom. The van der Waals surface area contributed by atoms with Crippen molar-refractivity contribution in [2.24, 2.45) is 5.73 Å². The summed E-state index contributed by atoms with van der Waals surface area (Å²) < 4.78 is 32.7. The molecule has 0 aromatic heterocycles. The Morgan fingerprint density at radius 3 is 1.34 bits per heavy atom. The van der Waals surface area contributed by atoms with Crippen molar-refractivity contribution in [2.75, 3.05) is 26.4 Å². The van der Waals surface area contributed by atoms with E-state index in [0.29, 0.717) is 12.8 Å². The van der Waals surface area contributed by atoms with Crippen LogP contribution in [0.2, 0.25) is 0 Å². The molecule has 0 spiro atoms. The molecule has 0 aromatic carbocycles. The molecular formula is C49H80NO8P. The van der Waals surface area contributed by atoms with Crippen LogP contribution in [-0.4, -0.2) is 49.3 Å². The maximum Gasteiger partial charge on any atom is 0.472 e. The number of hydrogen-bond acceptors (Lipinski definition) is 8. The minimum Gasteiger partial charge on any atom is -0.462 e. The summed E-state index contributed by atoms with van der Waals surface area (Å²) in [6.07, 6.45) is 58.4. The normalized spacial score (nSPS) is 14.3. The first-order valence-corrected chi connectivity index (χ1v) is 23.9. The van der Waals surface area contributed by atoms with E-state index in [4.69, 9.17) is 24.3 Å². The van der Waals surface area contributed by atoms with E-state index >= 15 is 0 Å². The van der Waals surface area contributed by atoms with Crippen LogP contribution in [0.5, 0.6) is 0 Å². The van der Waals surface area contributed by atoms with Crippen LogP contribution in [0.1, 0.15) is 155 Å². The second-order valence-corrected chi connectivity index (χ2v) is 15.7. The zero-order chi connectivity index (χ0) is 43.2. The first-order valence-electron chi connectivity index (χ1n) is 22.4. The van der Waals surface area contributed by atoms with Gasteiger partial charge in [-0.1, -0.05) is 155 Å². The number of rotatable bonds is 40. The lowest BCUT2D eigenvalue weighted by Crippen LogP contribution is -2.29. The molecule has 59 heavy (non-hydrogen) atoms. The molecule has 9 nitrogen and oxygen atoms in total. The van der Waals surface area contributed by atoms with Crippen molar-refractivity contribution in [1.82, 2.24) is 0 Å². The van der Waals surface area contributed by atoms with E-state index in [-0.39, 0.29) is 32.6 Å². The van der Waals surface area contributed by atoms with Gasteiger partial charge in [0.2, 0.25) is 0 Å². The largest absolute Gasteiger partial charge is 0.472 e. The van der Waals surface area contributed by atoms with E-state index in [0.717, 1.165) is 64.2 Å². The van der Waals surface area contributed by atoms with Crippen LogP contribution in [0.3, 0.4) is 0 Å². The Morgan fingerprint density at radius 1 is 0.508 bits per heavy atom. The van der Waals surface area contributed by atoms with E-state index < -0.39 is 32.5 Å². The molecule has 0 bridgehead atoms.